The van der Waals surface area contributed by atoms with Gasteiger partial charge in [-0.1, -0.05) is 72.1 Å². The molecule has 0 radical (unpaired) electrons. The molecule has 2 N–H and O–H groups in total. The standard InChI is InChI=1S/C21H40N2O5/c1-6-8-9-10-11-12-13-14-15-28-20(25)17(4)22-19(24)18(16(3)7-2)23-21(26)27-5/h16-18H,6-15H2,1-5H3,(H,22,24)(H,23,26). The van der Waals surface area contributed by atoms with Gasteiger partial charge in [0.25, 0.3) is 0 Å². The quantitative estimate of drug-likeness (QED) is 0.321. The third kappa shape index (κ3) is 11.8. The molecule has 0 bridgehead atoms. The number of rotatable bonds is 15. The van der Waals surface area contributed by atoms with Crippen molar-refractivity contribution in [3.8, 4) is 0 Å². The van der Waals surface area contributed by atoms with Crippen molar-refractivity contribution in [1.29, 1.82) is 0 Å². The molecule has 3 unspecified atom stereocenters. The van der Waals surface area contributed by atoms with Gasteiger partial charge < -0.3 is 20.1 Å². The summed E-state index contributed by atoms with van der Waals surface area (Å²) in [6.07, 6.45) is 9.39. The Kier molecular flexibility index (Phi) is 15.2. The summed E-state index contributed by atoms with van der Waals surface area (Å²) in [5, 5.41) is 5.14. The molecule has 3 atom stereocenters. The van der Waals surface area contributed by atoms with Crippen molar-refractivity contribution in [2.45, 2.75) is 97.6 Å². The molecule has 2 amide bonds. The third-order valence-electron chi connectivity index (χ3n) is 4.91. The predicted octanol–water partition coefficient (Wildman–Crippen LogP) is 3.95. The second-order valence-corrected chi connectivity index (χ2v) is 7.37. The Morgan fingerprint density at radius 2 is 1.43 bits per heavy atom. The molecule has 0 fully saturated rings. The molecule has 0 heterocycles. The Bertz CT molecular complexity index is 456. The molecule has 0 aromatic carbocycles. The normalized spacial score (nSPS) is 13.9. The Hall–Kier alpha value is -1.79. The molecule has 0 saturated heterocycles. The van der Waals surface area contributed by atoms with Crippen LogP contribution in [0.2, 0.25) is 0 Å². The van der Waals surface area contributed by atoms with Gasteiger partial charge in [0.1, 0.15) is 12.1 Å². The van der Waals surface area contributed by atoms with Gasteiger partial charge in [0, 0.05) is 0 Å². The summed E-state index contributed by atoms with van der Waals surface area (Å²) in [6, 6.07) is -1.53. The summed E-state index contributed by atoms with van der Waals surface area (Å²) in [6.45, 7) is 7.93. The number of alkyl carbamates (subject to hydrolysis) is 1. The minimum atomic E-state index is -0.771. The lowest BCUT2D eigenvalue weighted by molar-refractivity contribution is -0.147. The molecule has 7 heteroatoms. The van der Waals surface area contributed by atoms with Crippen molar-refractivity contribution >= 4 is 18.0 Å². The first kappa shape index (κ1) is 26.2. The summed E-state index contributed by atoms with van der Waals surface area (Å²) in [5.41, 5.74) is 0. The Morgan fingerprint density at radius 1 is 0.857 bits per heavy atom. The second-order valence-electron chi connectivity index (χ2n) is 7.37. The number of esters is 1. The zero-order valence-electron chi connectivity index (χ0n) is 18.3. The summed E-state index contributed by atoms with van der Waals surface area (Å²) in [4.78, 5) is 36.0. The van der Waals surface area contributed by atoms with Gasteiger partial charge in [-0.25, -0.2) is 9.59 Å². The number of hydrogen-bond donors (Lipinski definition) is 2. The van der Waals surface area contributed by atoms with Crippen molar-refractivity contribution in [2.24, 2.45) is 5.92 Å². The molecule has 0 aliphatic carbocycles. The Morgan fingerprint density at radius 3 is 1.96 bits per heavy atom. The fourth-order valence-corrected chi connectivity index (χ4v) is 2.78. The van der Waals surface area contributed by atoms with E-state index in [0.717, 1.165) is 19.3 Å². The molecule has 0 aliphatic rings. The molecular formula is C21H40N2O5. The van der Waals surface area contributed by atoms with Crippen LogP contribution >= 0.6 is 0 Å². The van der Waals surface area contributed by atoms with Crippen LogP contribution in [-0.2, 0) is 19.1 Å². The van der Waals surface area contributed by atoms with E-state index in [1.165, 1.54) is 39.2 Å². The van der Waals surface area contributed by atoms with Crippen LogP contribution in [0.4, 0.5) is 4.79 Å². The van der Waals surface area contributed by atoms with Crippen molar-refractivity contribution in [2.75, 3.05) is 13.7 Å². The van der Waals surface area contributed by atoms with E-state index >= 15 is 0 Å². The van der Waals surface area contributed by atoms with Gasteiger partial charge >= 0.3 is 12.1 Å². The first-order valence-corrected chi connectivity index (χ1v) is 10.7. The average molecular weight is 401 g/mol. The highest BCUT2D eigenvalue weighted by atomic mass is 16.5. The zero-order valence-corrected chi connectivity index (χ0v) is 18.3. The smallest absolute Gasteiger partial charge is 0.407 e. The molecule has 0 aliphatic heterocycles. The number of carbonyl (C=O) groups is 3. The number of nitrogens with one attached hydrogen (secondary N) is 2. The van der Waals surface area contributed by atoms with Crippen LogP contribution in [0.5, 0.6) is 0 Å². The Labute approximate surface area is 170 Å². The number of methoxy groups -OCH3 is 1. The summed E-state index contributed by atoms with van der Waals surface area (Å²) < 4.78 is 9.82. The summed E-state index contributed by atoms with van der Waals surface area (Å²) in [7, 11) is 1.24. The highest BCUT2D eigenvalue weighted by Crippen LogP contribution is 2.10. The van der Waals surface area contributed by atoms with E-state index < -0.39 is 30.1 Å². The fourth-order valence-electron chi connectivity index (χ4n) is 2.78. The van der Waals surface area contributed by atoms with E-state index in [1.54, 1.807) is 6.92 Å². The van der Waals surface area contributed by atoms with Crippen LogP contribution in [0.3, 0.4) is 0 Å². The van der Waals surface area contributed by atoms with Gasteiger partial charge in [0.15, 0.2) is 0 Å². The number of amides is 2. The second kappa shape index (κ2) is 16.2. The van der Waals surface area contributed by atoms with Crippen molar-refractivity contribution in [1.82, 2.24) is 10.6 Å². The molecule has 164 valence electrons. The minimum absolute atomic E-state index is 0.0975. The third-order valence-corrected chi connectivity index (χ3v) is 4.91. The number of hydrogen-bond acceptors (Lipinski definition) is 5. The van der Waals surface area contributed by atoms with Gasteiger partial charge in [0.05, 0.1) is 13.7 Å². The van der Waals surface area contributed by atoms with Crippen molar-refractivity contribution in [3.63, 3.8) is 0 Å². The summed E-state index contributed by atoms with van der Waals surface area (Å²) >= 11 is 0. The van der Waals surface area contributed by atoms with Crippen molar-refractivity contribution < 1.29 is 23.9 Å². The molecular weight excluding hydrogens is 360 g/mol. The maximum Gasteiger partial charge on any atom is 0.407 e. The molecule has 7 nitrogen and oxygen atoms in total. The van der Waals surface area contributed by atoms with Crippen molar-refractivity contribution in [3.05, 3.63) is 0 Å². The van der Waals surface area contributed by atoms with Crippen LogP contribution in [0.1, 0.15) is 85.5 Å². The van der Waals surface area contributed by atoms with E-state index in [-0.39, 0.29) is 5.92 Å². The first-order chi connectivity index (χ1) is 13.4. The SMILES string of the molecule is CCCCCCCCCCOC(=O)C(C)NC(=O)C(NC(=O)OC)C(C)CC. The maximum absolute atomic E-state index is 12.4. The lowest BCUT2D eigenvalue weighted by atomic mass is 9.98. The van der Waals surface area contributed by atoms with Crippen LogP contribution in [0.25, 0.3) is 0 Å². The minimum Gasteiger partial charge on any atom is -0.464 e. The van der Waals surface area contributed by atoms with E-state index in [4.69, 9.17) is 4.74 Å². The molecule has 0 rings (SSSR count). The number of carbonyl (C=O) groups excluding carboxylic acids is 3. The van der Waals surface area contributed by atoms with E-state index in [9.17, 15) is 14.4 Å². The van der Waals surface area contributed by atoms with Crippen LogP contribution < -0.4 is 10.6 Å². The number of ether oxygens (including phenoxy) is 2. The van der Waals surface area contributed by atoms with Gasteiger partial charge in [-0.05, 0) is 19.3 Å². The zero-order chi connectivity index (χ0) is 21.4. The highest BCUT2D eigenvalue weighted by molar-refractivity contribution is 5.89. The van der Waals surface area contributed by atoms with E-state index in [0.29, 0.717) is 13.0 Å². The monoisotopic (exact) mass is 400 g/mol. The molecule has 0 spiro atoms. The van der Waals surface area contributed by atoms with Gasteiger partial charge in [-0.3, -0.25) is 4.79 Å². The van der Waals surface area contributed by atoms with E-state index in [2.05, 4.69) is 22.3 Å². The van der Waals surface area contributed by atoms with Crippen LogP contribution in [0.15, 0.2) is 0 Å². The van der Waals surface area contributed by atoms with Crippen LogP contribution in [-0.4, -0.2) is 43.8 Å². The van der Waals surface area contributed by atoms with Gasteiger partial charge in [0.2, 0.25) is 5.91 Å². The molecule has 0 aromatic rings. The number of unbranched alkanes of at least 4 members (excludes halogenated alkanes) is 7. The lowest BCUT2D eigenvalue weighted by Crippen LogP contribution is -2.53. The van der Waals surface area contributed by atoms with Crippen LogP contribution in [0, 0.1) is 5.92 Å². The molecule has 0 aromatic heterocycles. The predicted molar refractivity (Wildman–Crippen MR) is 110 cm³/mol. The lowest BCUT2D eigenvalue weighted by Gasteiger charge is -2.24. The summed E-state index contributed by atoms with van der Waals surface area (Å²) in [5.74, 6) is -0.979. The van der Waals surface area contributed by atoms with E-state index in [1.807, 2.05) is 13.8 Å². The highest BCUT2D eigenvalue weighted by Gasteiger charge is 2.28. The average Bonchev–Trinajstić information content (AvgIpc) is 2.69. The van der Waals surface area contributed by atoms with Gasteiger partial charge in [-0.15, -0.1) is 0 Å². The maximum atomic E-state index is 12.4. The van der Waals surface area contributed by atoms with Gasteiger partial charge in [-0.2, -0.15) is 0 Å². The topological polar surface area (TPSA) is 93.7 Å². The fraction of sp³-hybridized carbons (Fsp3) is 0.857. The molecule has 0 saturated carbocycles. The Balaban J connectivity index is 4.16. The first-order valence-electron chi connectivity index (χ1n) is 10.7. The largest absolute Gasteiger partial charge is 0.464 e. The molecule has 28 heavy (non-hydrogen) atoms.